The molecule has 3 rings (SSSR count). The molecule has 0 saturated heterocycles. The van der Waals surface area contributed by atoms with Gasteiger partial charge in [-0.1, -0.05) is 39.0 Å². The number of nitrogen functional groups attached to an aromatic ring is 1. The van der Waals surface area contributed by atoms with Crippen LogP contribution < -0.4 is 5.73 Å². The molecular weight excluding hydrogens is 252 g/mol. The van der Waals surface area contributed by atoms with Crippen LogP contribution in [0.25, 0.3) is 22.4 Å². The Bertz CT molecular complexity index is 771. The van der Waals surface area contributed by atoms with Crippen LogP contribution in [-0.2, 0) is 5.41 Å². The predicted octanol–water partition coefficient (Wildman–Crippen LogP) is 3.16. The van der Waals surface area contributed by atoms with E-state index < -0.39 is 0 Å². The van der Waals surface area contributed by atoms with Gasteiger partial charge in [0.25, 0.3) is 0 Å². The van der Waals surface area contributed by atoms with Crippen LogP contribution >= 0.6 is 0 Å². The summed E-state index contributed by atoms with van der Waals surface area (Å²) in [5, 5.41) is 0.970. The second kappa shape index (κ2) is 4.30. The van der Waals surface area contributed by atoms with Crippen molar-refractivity contribution in [1.82, 2.24) is 15.0 Å². The smallest absolute Gasteiger partial charge is 0.223 e. The van der Waals surface area contributed by atoms with Gasteiger partial charge in [0.05, 0.1) is 5.56 Å². The lowest BCUT2D eigenvalue weighted by Crippen LogP contribution is -2.18. The maximum atomic E-state index is 5.81. The maximum absolute atomic E-state index is 5.81. The lowest BCUT2D eigenvalue weighted by molar-refractivity contribution is 0.544. The normalized spacial score (nSPS) is 11.9. The molecule has 2 N–H and O–H groups in total. The fourth-order valence-electron chi connectivity index (χ4n) is 2.00. The zero-order valence-corrected chi connectivity index (χ0v) is 11.7. The van der Waals surface area contributed by atoms with Crippen LogP contribution in [0.2, 0.25) is 0 Å². The summed E-state index contributed by atoms with van der Waals surface area (Å²) in [6.07, 6.45) is 1.66. The highest BCUT2D eigenvalue weighted by Crippen LogP contribution is 2.29. The first kappa shape index (κ1) is 12.6. The Hall–Kier alpha value is -2.43. The average molecular weight is 268 g/mol. The molecule has 0 fully saturated rings. The number of para-hydroxylation sites is 1. The van der Waals surface area contributed by atoms with Gasteiger partial charge in [-0.05, 0) is 6.07 Å². The highest BCUT2D eigenvalue weighted by Gasteiger charge is 2.21. The number of aromatic nitrogens is 3. The molecule has 1 aromatic carbocycles. The number of fused-ring (bicyclic) bond motifs is 1. The Balaban J connectivity index is 2.22. The molecule has 0 aliphatic carbocycles. The summed E-state index contributed by atoms with van der Waals surface area (Å²) < 4.78 is 5.53. The molecule has 2 heterocycles. The lowest BCUT2D eigenvalue weighted by Gasteiger charge is -2.16. The minimum atomic E-state index is -0.189. The Labute approximate surface area is 116 Å². The third-order valence-electron chi connectivity index (χ3n) is 3.05. The van der Waals surface area contributed by atoms with Crippen LogP contribution in [0.1, 0.15) is 26.6 Å². The summed E-state index contributed by atoms with van der Waals surface area (Å²) in [4.78, 5) is 13.0. The van der Waals surface area contributed by atoms with E-state index in [0.717, 1.165) is 16.5 Å². The number of nitrogens with zero attached hydrogens (tertiary/aromatic N) is 3. The Morgan fingerprint density at radius 1 is 1.05 bits per heavy atom. The number of furan rings is 1. The molecule has 3 aromatic rings. The molecule has 0 amide bonds. The van der Waals surface area contributed by atoms with Crippen molar-refractivity contribution in [3.63, 3.8) is 0 Å². The molecule has 0 bridgehead atoms. The SMILES string of the molecule is CC(C)(C)c1nc(N)nc(-c2coc3ccccc23)n1. The minimum Gasteiger partial charge on any atom is -0.464 e. The van der Waals surface area contributed by atoms with Crippen molar-refractivity contribution in [3.05, 3.63) is 36.4 Å². The number of anilines is 1. The van der Waals surface area contributed by atoms with Gasteiger partial charge < -0.3 is 10.2 Å². The molecule has 102 valence electrons. The van der Waals surface area contributed by atoms with Crippen molar-refractivity contribution in [2.75, 3.05) is 5.73 Å². The molecule has 5 nitrogen and oxygen atoms in total. The zero-order valence-electron chi connectivity index (χ0n) is 11.7. The van der Waals surface area contributed by atoms with Crippen molar-refractivity contribution in [1.29, 1.82) is 0 Å². The molecule has 0 saturated carbocycles. The number of rotatable bonds is 1. The van der Waals surface area contributed by atoms with E-state index in [4.69, 9.17) is 10.2 Å². The van der Waals surface area contributed by atoms with Crippen LogP contribution in [0.5, 0.6) is 0 Å². The van der Waals surface area contributed by atoms with E-state index in [2.05, 4.69) is 15.0 Å². The molecule has 0 unspecified atom stereocenters. The molecule has 0 atom stereocenters. The lowest BCUT2D eigenvalue weighted by atomic mass is 9.96. The van der Waals surface area contributed by atoms with Crippen LogP contribution in [0, 0.1) is 0 Å². The fraction of sp³-hybridized carbons (Fsp3) is 0.267. The van der Waals surface area contributed by atoms with Crippen molar-refractivity contribution in [2.24, 2.45) is 0 Å². The monoisotopic (exact) mass is 268 g/mol. The summed E-state index contributed by atoms with van der Waals surface area (Å²) in [6.45, 7) is 6.12. The Kier molecular flexibility index (Phi) is 2.71. The topological polar surface area (TPSA) is 77.8 Å². The summed E-state index contributed by atoms with van der Waals surface area (Å²) in [5.41, 5.74) is 7.26. The van der Waals surface area contributed by atoms with Crippen LogP contribution in [0.4, 0.5) is 5.95 Å². The highest BCUT2D eigenvalue weighted by atomic mass is 16.3. The summed E-state index contributed by atoms with van der Waals surface area (Å²) in [7, 11) is 0. The van der Waals surface area contributed by atoms with Gasteiger partial charge in [-0.2, -0.15) is 9.97 Å². The number of benzene rings is 1. The van der Waals surface area contributed by atoms with Crippen molar-refractivity contribution in [2.45, 2.75) is 26.2 Å². The van der Waals surface area contributed by atoms with Crippen molar-refractivity contribution >= 4 is 16.9 Å². The van der Waals surface area contributed by atoms with E-state index in [0.29, 0.717) is 11.6 Å². The summed E-state index contributed by atoms with van der Waals surface area (Å²) in [5.74, 6) is 1.45. The van der Waals surface area contributed by atoms with Crippen molar-refractivity contribution in [3.8, 4) is 11.4 Å². The van der Waals surface area contributed by atoms with Gasteiger partial charge in [-0.3, -0.25) is 0 Å². The van der Waals surface area contributed by atoms with Gasteiger partial charge in [-0.25, -0.2) is 4.98 Å². The molecule has 0 spiro atoms. The van der Waals surface area contributed by atoms with E-state index in [9.17, 15) is 0 Å². The number of nitrogens with two attached hydrogens (primary N) is 1. The van der Waals surface area contributed by atoms with Crippen LogP contribution in [0.15, 0.2) is 34.9 Å². The number of hydrogen-bond acceptors (Lipinski definition) is 5. The third-order valence-corrected chi connectivity index (χ3v) is 3.05. The van der Waals surface area contributed by atoms with E-state index in [1.54, 1.807) is 6.26 Å². The highest BCUT2D eigenvalue weighted by molar-refractivity contribution is 5.92. The van der Waals surface area contributed by atoms with Gasteiger partial charge in [0.2, 0.25) is 5.95 Å². The minimum absolute atomic E-state index is 0.189. The molecule has 20 heavy (non-hydrogen) atoms. The van der Waals surface area contributed by atoms with Gasteiger partial charge in [-0.15, -0.1) is 0 Å². The van der Waals surface area contributed by atoms with E-state index in [1.165, 1.54) is 0 Å². The molecule has 5 heteroatoms. The molecular formula is C15H16N4O. The molecule has 0 radical (unpaired) electrons. The van der Waals surface area contributed by atoms with Crippen LogP contribution in [0.3, 0.4) is 0 Å². The summed E-state index contributed by atoms with van der Waals surface area (Å²) in [6, 6.07) is 7.77. The van der Waals surface area contributed by atoms with E-state index in [1.807, 2.05) is 45.0 Å². The second-order valence-electron chi connectivity index (χ2n) is 5.74. The quantitative estimate of drug-likeness (QED) is 0.733. The first-order valence-electron chi connectivity index (χ1n) is 6.44. The standard InChI is InChI=1S/C15H16N4O/c1-15(2,3)13-17-12(18-14(16)19-13)10-8-20-11-7-5-4-6-9(10)11/h4-8H,1-3H3,(H2,16,17,18,19). The van der Waals surface area contributed by atoms with Crippen molar-refractivity contribution < 1.29 is 4.42 Å². The van der Waals surface area contributed by atoms with Gasteiger partial charge in [0.15, 0.2) is 5.82 Å². The maximum Gasteiger partial charge on any atom is 0.223 e. The average Bonchev–Trinajstić information content (AvgIpc) is 2.80. The molecule has 0 aliphatic rings. The summed E-state index contributed by atoms with van der Waals surface area (Å²) >= 11 is 0. The first-order valence-corrected chi connectivity index (χ1v) is 6.44. The first-order chi connectivity index (χ1) is 9.45. The number of hydrogen-bond donors (Lipinski definition) is 1. The van der Waals surface area contributed by atoms with E-state index >= 15 is 0 Å². The van der Waals surface area contributed by atoms with Gasteiger partial charge in [0.1, 0.15) is 17.7 Å². The van der Waals surface area contributed by atoms with Gasteiger partial charge in [0, 0.05) is 10.8 Å². The van der Waals surface area contributed by atoms with Gasteiger partial charge >= 0.3 is 0 Å². The molecule has 2 aromatic heterocycles. The largest absolute Gasteiger partial charge is 0.464 e. The fourth-order valence-corrected chi connectivity index (χ4v) is 2.00. The van der Waals surface area contributed by atoms with E-state index in [-0.39, 0.29) is 11.4 Å². The molecule has 0 aliphatic heterocycles. The Morgan fingerprint density at radius 2 is 1.80 bits per heavy atom. The second-order valence-corrected chi connectivity index (χ2v) is 5.74. The van der Waals surface area contributed by atoms with Crippen LogP contribution in [-0.4, -0.2) is 15.0 Å². The third kappa shape index (κ3) is 2.11. The predicted molar refractivity (Wildman–Crippen MR) is 78.1 cm³/mol. The Morgan fingerprint density at radius 3 is 2.55 bits per heavy atom. The zero-order chi connectivity index (χ0) is 14.3.